The first-order valence-corrected chi connectivity index (χ1v) is 8.80. The van der Waals surface area contributed by atoms with Crippen molar-refractivity contribution in [3.05, 3.63) is 0 Å². The van der Waals surface area contributed by atoms with Crippen LogP contribution >= 0.6 is 0 Å². The van der Waals surface area contributed by atoms with Crippen molar-refractivity contribution in [2.75, 3.05) is 6.61 Å². The number of rotatable bonds is 15. The number of hydrogen-bond acceptors (Lipinski definition) is 2. The molecular weight excluding hydrogens is 264 g/mol. The Hall–Kier alpha value is -0.570. The van der Waals surface area contributed by atoms with Crippen molar-refractivity contribution in [3.8, 4) is 0 Å². The van der Waals surface area contributed by atoms with Crippen LogP contribution in [-0.4, -0.2) is 22.8 Å². The molecule has 0 spiro atoms. The van der Waals surface area contributed by atoms with E-state index < -0.39 is 5.97 Å². The van der Waals surface area contributed by atoms with Crippen LogP contribution in [0.25, 0.3) is 0 Å². The summed E-state index contributed by atoms with van der Waals surface area (Å²) in [6, 6.07) is 0. The molecule has 0 aromatic carbocycles. The molecule has 2 N–H and O–H groups in total. The zero-order valence-corrected chi connectivity index (χ0v) is 14.2. The average molecular weight is 300 g/mol. The minimum Gasteiger partial charge on any atom is -0.481 e. The van der Waals surface area contributed by atoms with E-state index in [0.29, 0.717) is 13.0 Å². The molecule has 0 amide bonds. The molecule has 3 nitrogen and oxygen atoms in total. The van der Waals surface area contributed by atoms with Crippen molar-refractivity contribution in [1.82, 2.24) is 0 Å². The Labute approximate surface area is 131 Å². The van der Waals surface area contributed by atoms with E-state index in [1.165, 1.54) is 57.8 Å². The molecule has 0 fully saturated rings. The second kappa shape index (κ2) is 13.1. The summed E-state index contributed by atoms with van der Waals surface area (Å²) in [7, 11) is 0. The van der Waals surface area contributed by atoms with E-state index in [4.69, 9.17) is 10.2 Å². The maximum absolute atomic E-state index is 10.6. The molecule has 0 aromatic heterocycles. The van der Waals surface area contributed by atoms with Gasteiger partial charge < -0.3 is 10.2 Å². The van der Waals surface area contributed by atoms with Crippen LogP contribution in [0.2, 0.25) is 0 Å². The van der Waals surface area contributed by atoms with Gasteiger partial charge in [0.05, 0.1) is 0 Å². The molecule has 0 rings (SSSR count). The third-order valence-corrected chi connectivity index (χ3v) is 4.28. The van der Waals surface area contributed by atoms with E-state index in [-0.39, 0.29) is 5.41 Å². The summed E-state index contributed by atoms with van der Waals surface area (Å²) in [5.74, 6) is -0.679. The second-order valence-electron chi connectivity index (χ2n) is 7.07. The number of carbonyl (C=O) groups is 1. The zero-order valence-electron chi connectivity index (χ0n) is 14.2. The Morgan fingerprint density at radius 1 is 0.762 bits per heavy atom. The normalized spacial score (nSPS) is 11.8. The SMILES string of the molecule is CC(C)(CCCCCCCCCCCCO)CCC(=O)O. The van der Waals surface area contributed by atoms with Gasteiger partial charge in [-0.05, 0) is 24.7 Å². The van der Waals surface area contributed by atoms with E-state index in [0.717, 1.165) is 19.3 Å². The second-order valence-corrected chi connectivity index (χ2v) is 7.07. The van der Waals surface area contributed by atoms with Crippen LogP contribution in [0, 0.1) is 5.41 Å². The summed E-state index contributed by atoms with van der Waals surface area (Å²) in [5.41, 5.74) is 0.172. The minimum atomic E-state index is -0.679. The fraction of sp³-hybridized carbons (Fsp3) is 0.944. The first-order valence-electron chi connectivity index (χ1n) is 8.80. The summed E-state index contributed by atoms with van der Waals surface area (Å²) < 4.78 is 0. The standard InChI is InChI=1S/C18H36O3/c1-18(2,15-13-17(20)21)14-11-9-7-5-3-4-6-8-10-12-16-19/h19H,3-16H2,1-2H3,(H,20,21). The molecule has 0 unspecified atom stereocenters. The number of hydrogen-bond donors (Lipinski definition) is 2. The zero-order chi connectivity index (χ0) is 16.0. The lowest BCUT2D eigenvalue weighted by Crippen LogP contribution is -2.13. The van der Waals surface area contributed by atoms with Crippen LogP contribution in [0.4, 0.5) is 0 Å². The summed E-state index contributed by atoms with van der Waals surface area (Å²) in [4.78, 5) is 10.6. The van der Waals surface area contributed by atoms with Crippen LogP contribution < -0.4 is 0 Å². The molecule has 0 bridgehead atoms. The average Bonchev–Trinajstić information content (AvgIpc) is 2.43. The molecule has 126 valence electrons. The van der Waals surface area contributed by atoms with E-state index >= 15 is 0 Å². The van der Waals surface area contributed by atoms with Crippen molar-refractivity contribution >= 4 is 5.97 Å². The number of aliphatic hydroxyl groups excluding tert-OH is 1. The summed E-state index contributed by atoms with van der Waals surface area (Å²) >= 11 is 0. The van der Waals surface area contributed by atoms with E-state index in [2.05, 4.69) is 13.8 Å². The predicted molar refractivity (Wildman–Crippen MR) is 88.5 cm³/mol. The molecule has 0 heterocycles. The van der Waals surface area contributed by atoms with Crippen molar-refractivity contribution in [3.63, 3.8) is 0 Å². The molecule has 0 aliphatic heterocycles. The van der Waals surface area contributed by atoms with Crippen LogP contribution in [0.5, 0.6) is 0 Å². The summed E-state index contributed by atoms with van der Waals surface area (Å²) in [5, 5.41) is 17.4. The Balaban J connectivity index is 3.29. The highest BCUT2D eigenvalue weighted by Crippen LogP contribution is 2.29. The smallest absolute Gasteiger partial charge is 0.303 e. The Morgan fingerprint density at radius 3 is 1.62 bits per heavy atom. The van der Waals surface area contributed by atoms with E-state index in [1.54, 1.807) is 0 Å². The first kappa shape index (κ1) is 20.4. The van der Waals surface area contributed by atoms with Gasteiger partial charge in [0.1, 0.15) is 0 Å². The van der Waals surface area contributed by atoms with Crippen LogP contribution in [0.3, 0.4) is 0 Å². The highest BCUT2D eigenvalue weighted by atomic mass is 16.4. The predicted octanol–water partition coefficient (Wildman–Crippen LogP) is 5.16. The van der Waals surface area contributed by atoms with Crippen molar-refractivity contribution in [2.45, 2.75) is 97.3 Å². The molecule has 0 saturated carbocycles. The molecule has 0 aliphatic carbocycles. The minimum absolute atomic E-state index is 0.172. The molecule has 0 saturated heterocycles. The Morgan fingerprint density at radius 2 is 1.19 bits per heavy atom. The maximum atomic E-state index is 10.6. The van der Waals surface area contributed by atoms with Gasteiger partial charge in [-0.3, -0.25) is 4.79 Å². The van der Waals surface area contributed by atoms with Gasteiger partial charge >= 0.3 is 5.97 Å². The third-order valence-electron chi connectivity index (χ3n) is 4.28. The van der Waals surface area contributed by atoms with E-state index in [1.807, 2.05) is 0 Å². The highest BCUT2D eigenvalue weighted by molar-refractivity contribution is 5.66. The number of aliphatic hydroxyl groups is 1. The van der Waals surface area contributed by atoms with Crippen LogP contribution in [-0.2, 0) is 4.79 Å². The molecule has 21 heavy (non-hydrogen) atoms. The lowest BCUT2D eigenvalue weighted by atomic mass is 9.82. The number of aliphatic carboxylic acids is 1. The van der Waals surface area contributed by atoms with Crippen molar-refractivity contribution in [2.24, 2.45) is 5.41 Å². The number of unbranched alkanes of at least 4 members (excludes halogenated alkanes) is 9. The quantitative estimate of drug-likeness (QED) is 0.411. The van der Waals surface area contributed by atoms with Crippen LogP contribution in [0.15, 0.2) is 0 Å². The summed E-state index contributed by atoms with van der Waals surface area (Å²) in [6.45, 7) is 4.70. The summed E-state index contributed by atoms with van der Waals surface area (Å²) in [6.07, 6.45) is 14.7. The molecule has 0 atom stereocenters. The third kappa shape index (κ3) is 15.6. The Kier molecular flexibility index (Phi) is 12.8. The van der Waals surface area contributed by atoms with Crippen molar-refractivity contribution in [1.29, 1.82) is 0 Å². The largest absolute Gasteiger partial charge is 0.481 e. The highest BCUT2D eigenvalue weighted by Gasteiger charge is 2.18. The van der Waals surface area contributed by atoms with Crippen LogP contribution in [0.1, 0.15) is 97.3 Å². The van der Waals surface area contributed by atoms with Gasteiger partial charge in [-0.25, -0.2) is 0 Å². The lowest BCUT2D eigenvalue weighted by molar-refractivity contribution is -0.137. The molecule has 0 aliphatic rings. The molecule has 3 heteroatoms. The molecule has 0 aromatic rings. The van der Waals surface area contributed by atoms with Gasteiger partial charge in [0.2, 0.25) is 0 Å². The van der Waals surface area contributed by atoms with Gasteiger partial charge in [0.15, 0.2) is 0 Å². The van der Waals surface area contributed by atoms with Gasteiger partial charge in [0, 0.05) is 13.0 Å². The maximum Gasteiger partial charge on any atom is 0.303 e. The fourth-order valence-corrected chi connectivity index (χ4v) is 2.70. The van der Waals surface area contributed by atoms with Gasteiger partial charge in [0.25, 0.3) is 0 Å². The molecule has 0 radical (unpaired) electrons. The van der Waals surface area contributed by atoms with Crippen molar-refractivity contribution < 1.29 is 15.0 Å². The Bertz CT molecular complexity index is 249. The number of carboxylic acids is 1. The fourth-order valence-electron chi connectivity index (χ4n) is 2.70. The first-order chi connectivity index (χ1) is 9.98. The topological polar surface area (TPSA) is 57.5 Å². The van der Waals surface area contributed by atoms with Gasteiger partial charge in [-0.15, -0.1) is 0 Å². The lowest BCUT2D eigenvalue weighted by Gasteiger charge is -2.23. The number of carboxylic acid groups (broad SMARTS) is 1. The molecular formula is C18H36O3. The monoisotopic (exact) mass is 300 g/mol. The van der Waals surface area contributed by atoms with Gasteiger partial charge in [-0.1, -0.05) is 71.6 Å². The van der Waals surface area contributed by atoms with E-state index in [9.17, 15) is 4.79 Å². The van der Waals surface area contributed by atoms with Gasteiger partial charge in [-0.2, -0.15) is 0 Å².